The van der Waals surface area contributed by atoms with Gasteiger partial charge in [-0.3, -0.25) is 5.43 Å². The number of nitrogens with one attached hydrogen (secondary N) is 1. The molecule has 1 aromatic carbocycles. The molecule has 19 heavy (non-hydrogen) atoms. The van der Waals surface area contributed by atoms with Gasteiger partial charge in [-0.1, -0.05) is 17.2 Å². The molecule has 0 saturated carbocycles. The van der Waals surface area contributed by atoms with Crippen LogP contribution in [0.25, 0.3) is 0 Å². The normalized spacial score (nSPS) is 17.7. The van der Waals surface area contributed by atoms with Crippen LogP contribution in [0.4, 0.5) is 18.9 Å². The standard InChI is InChI=1S/C13H12ClF3N2/c1-8-2-4-10(6-8)18-19-12-7-9(13(15,16)17)3-5-11(12)14/h3,5-7,19H,2,4H2,1H3. The topological polar surface area (TPSA) is 24.4 Å². The zero-order valence-corrected chi connectivity index (χ0v) is 10.9. The lowest BCUT2D eigenvalue weighted by Crippen LogP contribution is -2.05. The molecule has 0 amide bonds. The van der Waals surface area contributed by atoms with Gasteiger partial charge in [-0.25, -0.2) is 0 Å². The molecule has 0 radical (unpaired) electrons. The molecule has 0 unspecified atom stereocenters. The van der Waals surface area contributed by atoms with Crippen molar-refractivity contribution in [1.82, 2.24) is 0 Å². The third kappa shape index (κ3) is 3.50. The van der Waals surface area contributed by atoms with Gasteiger partial charge < -0.3 is 0 Å². The lowest BCUT2D eigenvalue weighted by atomic mass is 10.2. The van der Waals surface area contributed by atoms with Gasteiger partial charge in [0.2, 0.25) is 0 Å². The Bertz CT molecular complexity index is 547. The second kappa shape index (κ2) is 5.25. The molecule has 0 aliphatic heterocycles. The van der Waals surface area contributed by atoms with Gasteiger partial charge in [0.25, 0.3) is 0 Å². The van der Waals surface area contributed by atoms with E-state index >= 15 is 0 Å². The first-order chi connectivity index (χ1) is 8.86. The fourth-order valence-electron chi connectivity index (χ4n) is 1.76. The average molecular weight is 289 g/mol. The summed E-state index contributed by atoms with van der Waals surface area (Å²) in [6.07, 6.45) is -0.765. The molecule has 0 atom stereocenters. The summed E-state index contributed by atoms with van der Waals surface area (Å²) < 4.78 is 37.7. The summed E-state index contributed by atoms with van der Waals surface area (Å²) in [6.45, 7) is 1.99. The SMILES string of the molecule is CC1=CC(=NNc2cc(C(F)(F)F)ccc2Cl)CC1. The zero-order chi connectivity index (χ0) is 14.0. The predicted octanol–water partition coefficient (Wildman–Crippen LogP) is 4.87. The molecule has 1 aliphatic rings. The minimum atomic E-state index is -4.39. The summed E-state index contributed by atoms with van der Waals surface area (Å²) in [5, 5.41) is 4.27. The van der Waals surface area contributed by atoms with Crippen molar-refractivity contribution in [2.45, 2.75) is 25.9 Å². The van der Waals surface area contributed by atoms with Crippen molar-refractivity contribution in [2.24, 2.45) is 5.10 Å². The van der Waals surface area contributed by atoms with Gasteiger partial charge in [-0.15, -0.1) is 0 Å². The Balaban J connectivity index is 2.21. The summed E-state index contributed by atoms with van der Waals surface area (Å²) in [6, 6.07) is 3.11. The summed E-state index contributed by atoms with van der Waals surface area (Å²) in [5.41, 5.74) is 4.02. The summed E-state index contributed by atoms with van der Waals surface area (Å²) >= 11 is 5.85. The van der Waals surface area contributed by atoms with Crippen molar-refractivity contribution in [3.05, 3.63) is 40.4 Å². The minimum absolute atomic E-state index is 0.155. The van der Waals surface area contributed by atoms with Crippen LogP contribution in [0.3, 0.4) is 0 Å². The first-order valence-electron chi connectivity index (χ1n) is 5.73. The largest absolute Gasteiger partial charge is 0.416 e. The zero-order valence-electron chi connectivity index (χ0n) is 10.2. The molecular weight excluding hydrogens is 277 g/mol. The van der Waals surface area contributed by atoms with Crippen molar-refractivity contribution >= 4 is 23.0 Å². The van der Waals surface area contributed by atoms with Gasteiger partial charge in [0.15, 0.2) is 0 Å². The van der Waals surface area contributed by atoms with E-state index in [0.29, 0.717) is 0 Å². The number of nitrogens with zero attached hydrogens (tertiary/aromatic N) is 1. The first-order valence-corrected chi connectivity index (χ1v) is 6.10. The quantitative estimate of drug-likeness (QED) is 0.772. The fraction of sp³-hybridized carbons (Fsp3) is 0.308. The van der Waals surface area contributed by atoms with Crippen molar-refractivity contribution in [3.8, 4) is 0 Å². The van der Waals surface area contributed by atoms with Gasteiger partial charge >= 0.3 is 6.18 Å². The van der Waals surface area contributed by atoms with E-state index in [1.165, 1.54) is 11.6 Å². The van der Waals surface area contributed by atoms with E-state index in [4.69, 9.17) is 11.6 Å². The Labute approximate surface area is 114 Å². The number of hydrogen-bond donors (Lipinski definition) is 1. The molecule has 102 valence electrons. The predicted molar refractivity (Wildman–Crippen MR) is 70.5 cm³/mol. The Morgan fingerprint density at radius 3 is 2.58 bits per heavy atom. The van der Waals surface area contributed by atoms with Gasteiger partial charge in [-0.05, 0) is 44.0 Å². The third-order valence-corrected chi connectivity index (χ3v) is 3.13. The molecule has 6 heteroatoms. The number of allylic oxidation sites excluding steroid dienone is 2. The van der Waals surface area contributed by atoms with Crippen LogP contribution < -0.4 is 5.43 Å². The van der Waals surface area contributed by atoms with E-state index < -0.39 is 11.7 Å². The highest BCUT2D eigenvalue weighted by Crippen LogP contribution is 2.33. The second-order valence-electron chi connectivity index (χ2n) is 4.40. The van der Waals surface area contributed by atoms with E-state index in [0.717, 1.165) is 30.7 Å². The molecule has 0 heterocycles. The van der Waals surface area contributed by atoms with E-state index in [2.05, 4.69) is 10.5 Å². The maximum absolute atomic E-state index is 12.6. The van der Waals surface area contributed by atoms with Gasteiger partial charge in [0, 0.05) is 0 Å². The Kier molecular flexibility index (Phi) is 3.85. The molecular formula is C13H12ClF3N2. The van der Waals surface area contributed by atoms with Crippen molar-refractivity contribution in [2.75, 3.05) is 5.43 Å². The summed E-state index contributed by atoms with van der Waals surface area (Å²) in [4.78, 5) is 0. The maximum atomic E-state index is 12.6. The fourth-order valence-corrected chi connectivity index (χ4v) is 1.92. The maximum Gasteiger partial charge on any atom is 0.416 e. The lowest BCUT2D eigenvalue weighted by Gasteiger charge is -2.10. The Hall–Kier alpha value is -1.49. The van der Waals surface area contributed by atoms with E-state index in [-0.39, 0.29) is 10.7 Å². The van der Waals surface area contributed by atoms with Crippen LogP contribution in [-0.4, -0.2) is 5.71 Å². The molecule has 2 rings (SSSR count). The number of hydrazone groups is 1. The highest BCUT2D eigenvalue weighted by atomic mass is 35.5. The van der Waals surface area contributed by atoms with Crippen molar-refractivity contribution in [1.29, 1.82) is 0 Å². The van der Waals surface area contributed by atoms with E-state index in [9.17, 15) is 13.2 Å². The van der Waals surface area contributed by atoms with Gasteiger partial charge in [0.1, 0.15) is 0 Å². The highest BCUT2D eigenvalue weighted by molar-refractivity contribution is 6.33. The van der Waals surface area contributed by atoms with E-state index in [1.807, 2.05) is 13.0 Å². The monoisotopic (exact) mass is 288 g/mol. The average Bonchev–Trinajstić information content (AvgIpc) is 2.72. The molecule has 0 bridgehead atoms. The molecule has 0 fully saturated rings. The van der Waals surface area contributed by atoms with Crippen LogP contribution in [0, 0.1) is 0 Å². The second-order valence-corrected chi connectivity index (χ2v) is 4.81. The van der Waals surface area contributed by atoms with Crippen LogP contribution >= 0.6 is 11.6 Å². The van der Waals surface area contributed by atoms with E-state index in [1.54, 1.807) is 0 Å². The van der Waals surface area contributed by atoms with Crippen LogP contribution in [-0.2, 0) is 6.18 Å². The number of anilines is 1. The van der Waals surface area contributed by atoms with Crippen molar-refractivity contribution < 1.29 is 13.2 Å². The molecule has 0 aromatic heterocycles. The number of alkyl halides is 3. The first kappa shape index (κ1) is 13.9. The third-order valence-electron chi connectivity index (χ3n) is 2.80. The molecule has 2 nitrogen and oxygen atoms in total. The van der Waals surface area contributed by atoms with Crippen LogP contribution in [0.2, 0.25) is 5.02 Å². The molecule has 1 N–H and O–H groups in total. The number of halogens is 4. The minimum Gasteiger partial charge on any atom is -0.277 e. The number of rotatable bonds is 2. The number of benzene rings is 1. The smallest absolute Gasteiger partial charge is 0.277 e. The molecule has 1 aliphatic carbocycles. The Morgan fingerprint density at radius 1 is 1.26 bits per heavy atom. The van der Waals surface area contributed by atoms with Crippen molar-refractivity contribution in [3.63, 3.8) is 0 Å². The lowest BCUT2D eigenvalue weighted by molar-refractivity contribution is -0.137. The van der Waals surface area contributed by atoms with Gasteiger partial charge in [0.05, 0.1) is 22.0 Å². The van der Waals surface area contributed by atoms with Crippen LogP contribution in [0.15, 0.2) is 34.9 Å². The van der Waals surface area contributed by atoms with Crippen LogP contribution in [0.1, 0.15) is 25.3 Å². The molecule has 0 saturated heterocycles. The summed E-state index contributed by atoms with van der Waals surface area (Å²) in [7, 11) is 0. The number of hydrogen-bond acceptors (Lipinski definition) is 2. The Morgan fingerprint density at radius 2 is 2.00 bits per heavy atom. The molecule has 0 spiro atoms. The van der Waals surface area contributed by atoms with Gasteiger partial charge in [-0.2, -0.15) is 18.3 Å². The molecule has 1 aromatic rings. The highest BCUT2D eigenvalue weighted by Gasteiger charge is 2.30. The van der Waals surface area contributed by atoms with Crippen LogP contribution in [0.5, 0.6) is 0 Å². The summed E-state index contributed by atoms with van der Waals surface area (Å²) in [5.74, 6) is 0.